The fourth-order valence-electron chi connectivity index (χ4n) is 2.16. The number of phenols is 1. The van der Waals surface area contributed by atoms with E-state index in [-0.39, 0.29) is 22.5 Å². The lowest BCUT2D eigenvalue weighted by molar-refractivity contribution is -0.137. The summed E-state index contributed by atoms with van der Waals surface area (Å²) in [6.45, 7) is 0. The predicted molar refractivity (Wildman–Crippen MR) is 74.6 cm³/mol. The molecular formula is C16H9F3O3. The second-order valence-corrected chi connectivity index (χ2v) is 4.75. The minimum Gasteiger partial charge on any atom is -0.508 e. The van der Waals surface area contributed by atoms with Crippen molar-refractivity contribution in [2.45, 2.75) is 6.18 Å². The van der Waals surface area contributed by atoms with E-state index < -0.39 is 17.4 Å². The Labute approximate surface area is 122 Å². The first kappa shape index (κ1) is 14.2. The first-order valence-corrected chi connectivity index (χ1v) is 6.29. The van der Waals surface area contributed by atoms with Gasteiger partial charge in [0, 0.05) is 5.56 Å². The average molecular weight is 306 g/mol. The van der Waals surface area contributed by atoms with Crippen LogP contribution in [0.3, 0.4) is 0 Å². The SMILES string of the molecule is O=c1oc(-c2cccc(C(F)(F)F)c2)cc2ccc(O)cc12. The Balaban J connectivity index is 2.19. The zero-order valence-corrected chi connectivity index (χ0v) is 11.0. The van der Waals surface area contributed by atoms with E-state index in [0.717, 1.165) is 12.1 Å². The highest BCUT2D eigenvalue weighted by molar-refractivity contribution is 5.85. The highest BCUT2D eigenvalue weighted by atomic mass is 19.4. The van der Waals surface area contributed by atoms with Crippen LogP contribution in [0.15, 0.2) is 57.7 Å². The monoisotopic (exact) mass is 306 g/mol. The van der Waals surface area contributed by atoms with Crippen LogP contribution in [0.1, 0.15) is 5.56 Å². The summed E-state index contributed by atoms with van der Waals surface area (Å²) in [5.41, 5.74) is -1.39. The number of alkyl halides is 3. The minimum absolute atomic E-state index is 0.0364. The Morgan fingerprint density at radius 2 is 1.77 bits per heavy atom. The Morgan fingerprint density at radius 1 is 1.00 bits per heavy atom. The molecule has 22 heavy (non-hydrogen) atoms. The fourth-order valence-corrected chi connectivity index (χ4v) is 2.16. The van der Waals surface area contributed by atoms with E-state index in [9.17, 15) is 23.1 Å². The molecular weight excluding hydrogens is 297 g/mol. The van der Waals surface area contributed by atoms with Gasteiger partial charge in [-0.15, -0.1) is 0 Å². The summed E-state index contributed by atoms with van der Waals surface area (Å²) in [5, 5.41) is 10.00. The van der Waals surface area contributed by atoms with Gasteiger partial charge in [0.25, 0.3) is 0 Å². The molecule has 3 rings (SSSR count). The van der Waals surface area contributed by atoms with Crippen LogP contribution in [-0.2, 0) is 6.18 Å². The third kappa shape index (κ3) is 2.55. The van der Waals surface area contributed by atoms with Crippen LogP contribution in [0.4, 0.5) is 13.2 Å². The number of hydrogen-bond donors (Lipinski definition) is 1. The molecule has 0 saturated heterocycles. The van der Waals surface area contributed by atoms with Gasteiger partial charge in [-0.2, -0.15) is 13.2 Å². The van der Waals surface area contributed by atoms with E-state index in [1.807, 2.05) is 0 Å². The number of fused-ring (bicyclic) bond motifs is 1. The molecule has 0 unspecified atom stereocenters. The van der Waals surface area contributed by atoms with Gasteiger partial charge >= 0.3 is 11.8 Å². The van der Waals surface area contributed by atoms with Crippen molar-refractivity contribution >= 4 is 10.8 Å². The molecule has 1 aromatic heterocycles. The van der Waals surface area contributed by atoms with Crippen LogP contribution < -0.4 is 5.63 Å². The van der Waals surface area contributed by atoms with Gasteiger partial charge in [0.05, 0.1) is 10.9 Å². The highest BCUT2D eigenvalue weighted by Gasteiger charge is 2.30. The van der Waals surface area contributed by atoms with Gasteiger partial charge in [-0.05, 0) is 35.7 Å². The van der Waals surface area contributed by atoms with Gasteiger partial charge < -0.3 is 9.52 Å². The quantitative estimate of drug-likeness (QED) is 0.733. The van der Waals surface area contributed by atoms with Gasteiger partial charge in [0.2, 0.25) is 0 Å². The molecule has 0 aliphatic rings. The number of benzene rings is 2. The van der Waals surface area contributed by atoms with E-state index in [1.165, 1.54) is 36.4 Å². The number of halogens is 3. The third-order valence-electron chi connectivity index (χ3n) is 3.22. The summed E-state index contributed by atoms with van der Waals surface area (Å²) in [6.07, 6.45) is -4.47. The number of hydrogen-bond acceptors (Lipinski definition) is 3. The van der Waals surface area contributed by atoms with E-state index >= 15 is 0 Å². The first-order valence-electron chi connectivity index (χ1n) is 6.29. The Kier molecular flexibility index (Phi) is 3.16. The summed E-state index contributed by atoms with van der Waals surface area (Å²) in [6, 6.07) is 10.1. The van der Waals surface area contributed by atoms with Gasteiger partial charge in [0.15, 0.2) is 0 Å². The maximum atomic E-state index is 12.7. The molecule has 0 aliphatic carbocycles. The van der Waals surface area contributed by atoms with Gasteiger partial charge in [-0.1, -0.05) is 18.2 Å². The van der Waals surface area contributed by atoms with E-state index in [2.05, 4.69) is 0 Å². The molecule has 0 fully saturated rings. The van der Waals surface area contributed by atoms with Gasteiger partial charge in [-0.3, -0.25) is 0 Å². The molecule has 0 spiro atoms. The Bertz CT molecular complexity index is 910. The van der Waals surface area contributed by atoms with Gasteiger partial charge in [-0.25, -0.2) is 4.79 Å². The second-order valence-electron chi connectivity index (χ2n) is 4.75. The number of rotatable bonds is 1. The molecule has 112 valence electrons. The van der Waals surface area contributed by atoms with E-state index in [4.69, 9.17) is 4.42 Å². The molecule has 3 nitrogen and oxygen atoms in total. The summed E-state index contributed by atoms with van der Waals surface area (Å²) < 4.78 is 43.3. The van der Waals surface area contributed by atoms with Crippen LogP contribution in [0.25, 0.3) is 22.1 Å². The normalized spacial score (nSPS) is 11.8. The maximum Gasteiger partial charge on any atom is 0.416 e. The van der Waals surface area contributed by atoms with Crippen molar-refractivity contribution in [3.63, 3.8) is 0 Å². The van der Waals surface area contributed by atoms with Crippen LogP contribution in [0.2, 0.25) is 0 Å². The molecule has 6 heteroatoms. The summed E-state index contributed by atoms with van der Waals surface area (Å²) >= 11 is 0. The Morgan fingerprint density at radius 3 is 2.50 bits per heavy atom. The maximum absolute atomic E-state index is 12.7. The molecule has 0 atom stereocenters. The minimum atomic E-state index is -4.47. The number of phenolic OH excluding ortho intramolecular Hbond substituents is 1. The summed E-state index contributed by atoms with van der Waals surface area (Å²) in [5.74, 6) is -0.0547. The van der Waals surface area contributed by atoms with Crippen LogP contribution in [-0.4, -0.2) is 5.11 Å². The lowest BCUT2D eigenvalue weighted by Crippen LogP contribution is -2.05. The summed E-state index contributed by atoms with van der Waals surface area (Å²) in [7, 11) is 0. The molecule has 0 amide bonds. The topological polar surface area (TPSA) is 50.4 Å². The van der Waals surface area contributed by atoms with Crippen molar-refractivity contribution in [2.75, 3.05) is 0 Å². The molecule has 0 bridgehead atoms. The lowest BCUT2D eigenvalue weighted by atomic mass is 10.1. The molecule has 0 radical (unpaired) electrons. The van der Waals surface area contributed by atoms with E-state index in [1.54, 1.807) is 0 Å². The molecule has 2 aromatic carbocycles. The zero-order chi connectivity index (χ0) is 15.9. The van der Waals surface area contributed by atoms with Crippen LogP contribution in [0.5, 0.6) is 5.75 Å². The van der Waals surface area contributed by atoms with Crippen LogP contribution in [0, 0.1) is 0 Å². The zero-order valence-electron chi connectivity index (χ0n) is 11.0. The average Bonchev–Trinajstić information content (AvgIpc) is 2.47. The van der Waals surface area contributed by atoms with Crippen molar-refractivity contribution in [1.29, 1.82) is 0 Å². The van der Waals surface area contributed by atoms with Gasteiger partial charge in [0.1, 0.15) is 11.5 Å². The second kappa shape index (κ2) is 4.91. The van der Waals surface area contributed by atoms with Crippen molar-refractivity contribution < 1.29 is 22.7 Å². The fraction of sp³-hybridized carbons (Fsp3) is 0.0625. The molecule has 1 N–H and O–H groups in total. The molecule has 0 aliphatic heterocycles. The summed E-state index contributed by atoms with van der Waals surface area (Å²) in [4.78, 5) is 11.9. The van der Waals surface area contributed by atoms with Crippen molar-refractivity contribution in [3.05, 3.63) is 64.5 Å². The highest BCUT2D eigenvalue weighted by Crippen LogP contribution is 2.32. The van der Waals surface area contributed by atoms with Crippen LogP contribution >= 0.6 is 0 Å². The standard InChI is InChI=1S/C16H9F3O3/c17-16(18,19)11-3-1-2-10(6-11)14-7-9-4-5-12(20)8-13(9)15(21)22-14/h1-8,20H. The Hall–Kier alpha value is -2.76. The van der Waals surface area contributed by atoms with E-state index in [0.29, 0.717) is 5.39 Å². The third-order valence-corrected chi connectivity index (χ3v) is 3.22. The largest absolute Gasteiger partial charge is 0.508 e. The smallest absolute Gasteiger partial charge is 0.416 e. The van der Waals surface area contributed by atoms with Crippen molar-refractivity contribution in [1.82, 2.24) is 0 Å². The lowest BCUT2D eigenvalue weighted by Gasteiger charge is -2.08. The molecule has 0 saturated carbocycles. The molecule has 3 aromatic rings. The van der Waals surface area contributed by atoms with Crippen molar-refractivity contribution in [2.24, 2.45) is 0 Å². The predicted octanol–water partition coefficient (Wildman–Crippen LogP) is 4.18. The first-order chi connectivity index (χ1) is 10.3. The molecule has 1 heterocycles. The number of aromatic hydroxyl groups is 1. The van der Waals surface area contributed by atoms with Crippen molar-refractivity contribution in [3.8, 4) is 17.1 Å².